The molecule has 2 rings (SSSR count). The number of sulfone groups is 1. The first-order valence-electron chi connectivity index (χ1n) is 8.00. The Morgan fingerprint density at radius 1 is 1.28 bits per heavy atom. The van der Waals surface area contributed by atoms with Gasteiger partial charge in [0.15, 0.2) is 9.84 Å². The average molecular weight is 383 g/mol. The molecule has 1 aromatic heterocycles. The summed E-state index contributed by atoms with van der Waals surface area (Å²) in [7, 11) is -3.50. The highest BCUT2D eigenvalue weighted by Crippen LogP contribution is 2.18. The first-order chi connectivity index (χ1) is 11.9. The highest BCUT2D eigenvalue weighted by molar-refractivity contribution is 7.91. The fourth-order valence-corrected chi connectivity index (χ4v) is 3.96. The summed E-state index contributed by atoms with van der Waals surface area (Å²) in [6.45, 7) is 4.25. The molecule has 6 nitrogen and oxygen atoms in total. The van der Waals surface area contributed by atoms with Gasteiger partial charge >= 0.3 is 0 Å². The highest BCUT2D eigenvalue weighted by Gasteiger charge is 2.16. The van der Waals surface area contributed by atoms with Gasteiger partial charge in [-0.25, -0.2) is 13.4 Å². The number of ether oxygens (including phenoxy) is 1. The predicted molar refractivity (Wildman–Crippen MR) is 97.7 cm³/mol. The molecule has 0 fully saturated rings. The Balaban J connectivity index is 1.80. The Bertz CT molecular complexity index is 769. The van der Waals surface area contributed by atoms with Crippen LogP contribution in [0.2, 0.25) is 0 Å². The maximum Gasteiger partial charge on any atom is 0.221 e. The van der Waals surface area contributed by atoms with Crippen molar-refractivity contribution in [2.24, 2.45) is 0 Å². The minimum atomic E-state index is -3.50. The molecule has 2 aromatic rings. The zero-order valence-electron chi connectivity index (χ0n) is 14.3. The number of carbonyl (C=O) groups is 1. The molecule has 0 aliphatic carbocycles. The number of amides is 1. The molecule has 25 heavy (non-hydrogen) atoms. The molecule has 0 spiro atoms. The number of nitrogens with zero attached hydrogens (tertiary/aromatic N) is 1. The second-order valence-electron chi connectivity index (χ2n) is 5.79. The van der Waals surface area contributed by atoms with E-state index in [-0.39, 0.29) is 29.1 Å². The molecule has 8 heteroatoms. The van der Waals surface area contributed by atoms with Crippen LogP contribution in [0.3, 0.4) is 0 Å². The standard InChI is InChI=1S/C17H22N2O4S2/c1-13(2)23-15-3-5-16(6-4-15)25(21,22)10-8-17(20)18-9-7-14-11-24-12-19-14/h3-6,11-13H,7-10H2,1-2H3,(H,18,20). The third-order valence-corrected chi connectivity index (χ3v) is 5.71. The topological polar surface area (TPSA) is 85.4 Å². The first-order valence-corrected chi connectivity index (χ1v) is 10.6. The summed E-state index contributed by atoms with van der Waals surface area (Å²) in [5.41, 5.74) is 2.66. The lowest BCUT2D eigenvalue weighted by Gasteiger charge is -2.10. The minimum absolute atomic E-state index is 0.0235. The number of carbonyl (C=O) groups excluding carboxylic acids is 1. The molecule has 0 aliphatic rings. The van der Waals surface area contributed by atoms with Crippen molar-refractivity contribution in [1.82, 2.24) is 10.3 Å². The van der Waals surface area contributed by atoms with Crippen LogP contribution in [0.15, 0.2) is 40.1 Å². The van der Waals surface area contributed by atoms with Crippen molar-refractivity contribution in [2.45, 2.75) is 37.7 Å². The molecule has 1 aromatic carbocycles. The number of rotatable bonds is 9. The molecular formula is C17H22N2O4S2. The summed E-state index contributed by atoms with van der Waals surface area (Å²) < 4.78 is 30.1. The van der Waals surface area contributed by atoms with Crippen LogP contribution >= 0.6 is 11.3 Å². The van der Waals surface area contributed by atoms with E-state index < -0.39 is 9.84 Å². The number of thiazole rings is 1. The number of benzene rings is 1. The molecule has 0 unspecified atom stereocenters. The van der Waals surface area contributed by atoms with Crippen LogP contribution in [0.1, 0.15) is 26.0 Å². The SMILES string of the molecule is CC(C)Oc1ccc(S(=O)(=O)CCC(=O)NCCc2cscn2)cc1. The number of hydrogen-bond acceptors (Lipinski definition) is 6. The second-order valence-corrected chi connectivity index (χ2v) is 8.61. The molecule has 0 aliphatic heterocycles. The van der Waals surface area contributed by atoms with Gasteiger partial charge in [-0.1, -0.05) is 0 Å². The molecule has 0 radical (unpaired) electrons. The van der Waals surface area contributed by atoms with Crippen molar-refractivity contribution in [3.05, 3.63) is 40.8 Å². The van der Waals surface area contributed by atoms with E-state index in [4.69, 9.17) is 4.74 Å². The van der Waals surface area contributed by atoms with E-state index in [0.717, 1.165) is 5.69 Å². The van der Waals surface area contributed by atoms with E-state index in [1.165, 1.54) is 23.5 Å². The van der Waals surface area contributed by atoms with Gasteiger partial charge in [-0.2, -0.15) is 0 Å². The van der Waals surface area contributed by atoms with E-state index in [2.05, 4.69) is 10.3 Å². The van der Waals surface area contributed by atoms with Crippen LogP contribution in [0.4, 0.5) is 0 Å². The summed E-state index contributed by atoms with van der Waals surface area (Å²) in [6, 6.07) is 6.27. The van der Waals surface area contributed by atoms with Gasteiger partial charge in [-0.3, -0.25) is 4.79 Å². The predicted octanol–water partition coefficient (Wildman–Crippen LogP) is 2.45. The zero-order chi connectivity index (χ0) is 18.3. The maximum absolute atomic E-state index is 12.3. The van der Waals surface area contributed by atoms with Crippen LogP contribution in [0.25, 0.3) is 0 Å². The highest BCUT2D eigenvalue weighted by atomic mass is 32.2. The lowest BCUT2D eigenvalue weighted by molar-refractivity contribution is -0.120. The third kappa shape index (κ3) is 6.47. The van der Waals surface area contributed by atoms with Gasteiger partial charge in [-0.05, 0) is 38.1 Å². The summed E-state index contributed by atoms with van der Waals surface area (Å²) in [4.78, 5) is 16.1. The minimum Gasteiger partial charge on any atom is -0.491 e. The molecule has 0 saturated carbocycles. The molecule has 1 heterocycles. The Morgan fingerprint density at radius 3 is 2.60 bits per heavy atom. The molecule has 1 N–H and O–H groups in total. The van der Waals surface area contributed by atoms with E-state index in [0.29, 0.717) is 18.7 Å². The second kappa shape index (κ2) is 8.96. The Labute approximate surface area is 152 Å². The summed E-state index contributed by atoms with van der Waals surface area (Å²) in [5.74, 6) is 0.118. The van der Waals surface area contributed by atoms with Gasteiger partial charge in [0.25, 0.3) is 0 Å². The van der Waals surface area contributed by atoms with Gasteiger partial charge in [0, 0.05) is 24.8 Å². The molecule has 0 saturated heterocycles. The largest absolute Gasteiger partial charge is 0.491 e. The fourth-order valence-electron chi connectivity index (χ4n) is 2.12. The van der Waals surface area contributed by atoms with Crippen molar-refractivity contribution >= 4 is 27.1 Å². The molecule has 0 atom stereocenters. The van der Waals surface area contributed by atoms with Gasteiger partial charge in [0.1, 0.15) is 5.75 Å². The Hall–Kier alpha value is -1.93. The van der Waals surface area contributed by atoms with Gasteiger partial charge < -0.3 is 10.1 Å². The Morgan fingerprint density at radius 2 is 2.00 bits per heavy atom. The van der Waals surface area contributed by atoms with E-state index in [1.807, 2.05) is 19.2 Å². The monoisotopic (exact) mass is 382 g/mol. The smallest absolute Gasteiger partial charge is 0.221 e. The van der Waals surface area contributed by atoms with Gasteiger partial charge in [0.05, 0.1) is 28.0 Å². The third-order valence-electron chi connectivity index (χ3n) is 3.34. The van der Waals surface area contributed by atoms with Crippen molar-refractivity contribution < 1.29 is 17.9 Å². The number of nitrogens with one attached hydrogen (secondary N) is 1. The van der Waals surface area contributed by atoms with Gasteiger partial charge in [-0.15, -0.1) is 11.3 Å². The summed E-state index contributed by atoms with van der Waals surface area (Å²) >= 11 is 1.50. The molecular weight excluding hydrogens is 360 g/mol. The van der Waals surface area contributed by atoms with Crippen LogP contribution in [0.5, 0.6) is 5.75 Å². The van der Waals surface area contributed by atoms with Crippen molar-refractivity contribution in [1.29, 1.82) is 0 Å². The number of aromatic nitrogens is 1. The quantitative estimate of drug-likeness (QED) is 0.720. The van der Waals surface area contributed by atoms with Crippen molar-refractivity contribution in [3.63, 3.8) is 0 Å². The molecule has 1 amide bonds. The molecule has 136 valence electrons. The van der Waals surface area contributed by atoms with Crippen molar-refractivity contribution in [3.8, 4) is 5.75 Å². The van der Waals surface area contributed by atoms with Crippen molar-refractivity contribution in [2.75, 3.05) is 12.3 Å². The van der Waals surface area contributed by atoms with Crippen LogP contribution in [-0.2, 0) is 21.1 Å². The Kier molecular flexibility index (Phi) is 6.95. The van der Waals surface area contributed by atoms with E-state index in [1.54, 1.807) is 17.6 Å². The normalized spacial score (nSPS) is 11.5. The van der Waals surface area contributed by atoms with Crippen LogP contribution in [0, 0.1) is 0 Å². The molecule has 0 bridgehead atoms. The van der Waals surface area contributed by atoms with E-state index in [9.17, 15) is 13.2 Å². The zero-order valence-corrected chi connectivity index (χ0v) is 15.9. The van der Waals surface area contributed by atoms with Crippen LogP contribution in [-0.4, -0.2) is 37.7 Å². The lowest BCUT2D eigenvalue weighted by Crippen LogP contribution is -2.27. The lowest BCUT2D eigenvalue weighted by atomic mass is 10.3. The van der Waals surface area contributed by atoms with Gasteiger partial charge in [0.2, 0.25) is 5.91 Å². The van der Waals surface area contributed by atoms with E-state index >= 15 is 0 Å². The fraction of sp³-hybridized carbons (Fsp3) is 0.412. The maximum atomic E-state index is 12.3. The van der Waals surface area contributed by atoms with Crippen LogP contribution < -0.4 is 10.1 Å². The summed E-state index contributed by atoms with van der Waals surface area (Å²) in [6.07, 6.45) is 0.596. The summed E-state index contributed by atoms with van der Waals surface area (Å²) in [5, 5.41) is 4.64. The average Bonchev–Trinajstić information content (AvgIpc) is 3.06. The number of hydrogen-bond donors (Lipinski definition) is 1. The first kappa shape index (κ1) is 19.4.